The molecule has 2 heterocycles. The van der Waals surface area contributed by atoms with Gasteiger partial charge in [-0.25, -0.2) is 4.98 Å². The van der Waals surface area contributed by atoms with Crippen LogP contribution in [0.4, 0.5) is 0 Å². The normalized spacial score (nSPS) is 19.7. The zero-order valence-electron chi connectivity index (χ0n) is 12.4. The van der Waals surface area contributed by atoms with Gasteiger partial charge < -0.3 is 14.6 Å². The first-order valence-electron chi connectivity index (χ1n) is 6.91. The van der Waals surface area contributed by atoms with E-state index in [1.165, 1.54) is 6.33 Å². The monoisotopic (exact) mass is 289 g/mol. The number of aliphatic hydroxyl groups is 1. The Balaban J connectivity index is 1.78. The minimum Gasteiger partial charge on any atom is -0.487 e. The summed E-state index contributed by atoms with van der Waals surface area (Å²) < 4.78 is 13.3. The highest BCUT2D eigenvalue weighted by Gasteiger charge is 2.32. The van der Waals surface area contributed by atoms with E-state index in [9.17, 15) is 5.11 Å². The van der Waals surface area contributed by atoms with Crippen LogP contribution in [0.15, 0.2) is 24.5 Å². The van der Waals surface area contributed by atoms with Crippen molar-refractivity contribution in [3.8, 4) is 11.5 Å². The van der Waals surface area contributed by atoms with Gasteiger partial charge in [0, 0.05) is 25.1 Å². The van der Waals surface area contributed by atoms with E-state index in [0.717, 1.165) is 11.4 Å². The third kappa shape index (κ3) is 2.85. The minimum atomic E-state index is -0.503. The number of nitrogens with zero attached hydrogens (tertiary/aromatic N) is 3. The Labute approximate surface area is 123 Å². The maximum atomic E-state index is 10.2. The molecule has 1 unspecified atom stereocenters. The van der Waals surface area contributed by atoms with E-state index in [1.54, 1.807) is 4.68 Å². The van der Waals surface area contributed by atoms with Crippen molar-refractivity contribution >= 4 is 0 Å². The van der Waals surface area contributed by atoms with Gasteiger partial charge in [0.05, 0.1) is 6.10 Å². The highest BCUT2D eigenvalue weighted by atomic mass is 16.5. The van der Waals surface area contributed by atoms with Crippen LogP contribution < -0.4 is 9.47 Å². The molecule has 0 aliphatic carbocycles. The van der Waals surface area contributed by atoms with Crippen LogP contribution in [0.3, 0.4) is 0 Å². The van der Waals surface area contributed by atoms with Crippen molar-refractivity contribution in [3.05, 3.63) is 35.9 Å². The molecular formula is C15H19N3O3. The van der Waals surface area contributed by atoms with Crippen LogP contribution in [-0.2, 0) is 13.7 Å². The topological polar surface area (TPSA) is 69.4 Å². The van der Waals surface area contributed by atoms with E-state index in [4.69, 9.17) is 9.47 Å². The molecule has 2 aromatic rings. The fourth-order valence-electron chi connectivity index (χ4n) is 2.48. The SMILES string of the molecule is Cn1ncnc1COc1ccc2c(c1)OC(C)(C)CC2O. The first kappa shape index (κ1) is 13.9. The Morgan fingerprint density at radius 3 is 3.00 bits per heavy atom. The predicted octanol–water partition coefficient (Wildman–Crippen LogP) is 1.99. The molecule has 112 valence electrons. The van der Waals surface area contributed by atoms with Gasteiger partial charge in [0.2, 0.25) is 0 Å². The molecule has 0 amide bonds. The van der Waals surface area contributed by atoms with Gasteiger partial charge in [0.1, 0.15) is 30.0 Å². The summed E-state index contributed by atoms with van der Waals surface area (Å²) in [4.78, 5) is 4.11. The van der Waals surface area contributed by atoms with Crippen molar-refractivity contribution in [1.29, 1.82) is 0 Å². The highest BCUT2D eigenvalue weighted by Crippen LogP contribution is 2.41. The van der Waals surface area contributed by atoms with Gasteiger partial charge in [0.25, 0.3) is 0 Å². The first-order valence-corrected chi connectivity index (χ1v) is 6.91. The predicted molar refractivity (Wildman–Crippen MR) is 76.1 cm³/mol. The summed E-state index contributed by atoms with van der Waals surface area (Å²) in [6.45, 7) is 4.26. The van der Waals surface area contributed by atoms with Crippen LogP contribution in [0.5, 0.6) is 11.5 Å². The number of aliphatic hydroxyl groups excluding tert-OH is 1. The number of hydrogen-bond acceptors (Lipinski definition) is 5. The highest BCUT2D eigenvalue weighted by molar-refractivity contribution is 5.43. The number of aryl methyl sites for hydroxylation is 1. The number of ether oxygens (including phenoxy) is 2. The van der Waals surface area contributed by atoms with Crippen LogP contribution in [-0.4, -0.2) is 25.5 Å². The van der Waals surface area contributed by atoms with Gasteiger partial charge >= 0.3 is 0 Å². The van der Waals surface area contributed by atoms with Crippen molar-refractivity contribution in [2.24, 2.45) is 7.05 Å². The Morgan fingerprint density at radius 2 is 2.29 bits per heavy atom. The Hall–Kier alpha value is -2.08. The molecule has 21 heavy (non-hydrogen) atoms. The van der Waals surface area contributed by atoms with E-state index in [-0.39, 0.29) is 5.60 Å². The van der Waals surface area contributed by atoms with E-state index in [1.807, 2.05) is 39.1 Å². The summed E-state index contributed by atoms with van der Waals surface area (Å²) in [5, 5.41) is 14.2. The van der Waals surface area contributed by atoms with Crippen LogP contribution in [0.1, 0.15) is 37.8 Å². The lowest BCUT2D eigenvalue weighted by molar-refractivity contribution is 0.0113. The largest absolute Gasteiger partial charge is 0.487 e. The molecule has 1 atom stereocenters. The zero-order valence-corrected chi connectivity index (χ0v) is 12.4. The van der Waals surface area contributed by atoms with Gasteiger partial charge in [-0.15, -0.1) is 0 Å². The lowest BCUT2D eigenvalue weighted by atomic mass is 9.92. The minimum absolute atomic E-state index is 0.335. The van der Waals surface area contributed by atoms with Gasteiger partial charge in [0.15, 0.2) is 5.82 Å². The van der Waals surface area contributed by atoms with Gasteiger partial charge in [-0.05, 0) is 26.0 Å². The second-order valence-corrected chi connectivity index (χ2v) is 5.87. The molecule has 0 bridgehead atoms. The van der Waals surface area contributed by atoms with Gasteiger partial charge in [-0.3, -0.25) is 4.68 Å². The number of fused-ring (bicyclic) bond motifs is 1. The zero-order chi connectivity index (χ0) is 15.0. The summed E-state index contributed by atoms with van der Waals surface area (Å²) in [5.74, 6) is 2.10. The van der Waals surface area contributed by atoms with Crippen LogP contribution in [0.25, 0.3) is 0 Å². The Bertz CT molecular complexity index is 651. The molecule has 0 spiro atoms. The number of hydrogen-bond donors (Lipinski definition) is 1. The number of aromatic nitrogens is 3. The van der Waals surface area contributed by atoms with Crippen LogP contribution in [0.2, 0.25) is 0 Å². The average Bonchev–Trinajstić information content (AvgIpc) is 2.80. The molecule has 0 radical (unpaired) electrons. The number of rotatable bonds is 3. The van der Waals surface area contributed by atoms with Crippen LogP contribution in [0, 0.1) is 0 Å². The average molecular weight is 289 g/mol. The summed E-state index contributed by atoms with van der Waals surface area (Å²) >= 11 is 0. The third-order valence-corrected chi connectivity index (χ3v) is 3.59. The van der Waals surface area contributed by atoms with Crippen molar-refractivity contribution in [2.75, 3.05) is 0 Å². The van der Waals surface area contributed by atoms with E-state index >= 15 is 0 Å². The Morgan fingerprint density at radius 1 is 1.48 bits per heavy atom. The summed E-state index contributed by atoms with van der Waals surface area (Å²) in [6.07, 6.45) is 1.57. The smallest absolute Gasteiger partial charge is 0.164 e. The maximum absolute atomic E-state index is 10.2. The molecule has 1 aromatic heterocycles. The molecular weight excluding hydrogens is 270 g/mol. The van der Waals surface area contributed by atoms with Crippen molar-refractivity contribution in [3.63, 3.8) is 0 Å². The van der Waals surface area contributed by atoms with Gasteiger partial charge in [-0.1, -0.05) is 0 Å². The summed E-state index contributed by atoms with van der Waals surface area (Å²) in [5.41, 5.74) is 0.426. The summed E-state index contributed by atoms with van der Waals surface area (Å²) in [6, 6.07) is 5.50. The molecule has 6 nitrogen and oxygen atoms in total. The molecule has 1 aromatic carbocycles. The number of benzene rings is 1. The molecule has 1 aliphatic rings. The maximum Gasteiger partial charge on any atom is 0.164 e. The second kappa shape index (κ2) is 5.04. The molecule has 0 fully saturated rings. The first-order chi connectivity index (χ1) is 9.94. The van der Waals surface area contributed by atoms with E-state index in [0.29, 0.717) is 24.5 Å². The standard InChI is InChI=1S/C15H19N3O3/c1-15(2)7-12(19)11-5-4-10(6-13(11)21-15)20-8-14-16-9-17-18(14)3/h4-6,9,12,19H,7-8H2,1-3H3. The Kier molecular flexibility index (Phi) is 3.33. The van der Waals surface area contributed by atoms with Crippen molar-refractivity contribution in [1.82, 2.24) is 14.8 Å². The molecule has 1 aliphatic heterocycles. The molecule has 0 saturated carbocycles. The lowest BCUT2D eigenvalue weighted by Crippen LogP contribution is -2.34. The summed E-state index contributed by atoms with van der Waals surface area (Å²) in [7, 11) is 1.82. The fraction of sp³-hybridized carbons (Fsp3) is 0.467. The third-order valence-electron chi connectivity index (χ3n) is 3.59. The lowest BCUT2D eigenvalue weighted by Gasteiger charge is -2.35. The van der Waals surface area contributed by atoms with Crippen molar-refractivity contribution < 1.29 is 14.6 Å². The molecule has 1 N–H and O–H groups in total. The molecule has 0 saturated heterocycles. The van der Waals surface area contributed by atoms with E-state index in [2.05, 4.69) is 10.1 Å². The van der Waals surface area contributed by atoms with Crippen molar-refractivity contribution in [2.45, 2.75) is 38.6 Å². The quantitative estimate of drug-likeness (QED) is 0.935. The second-order valence-electron chi connectivity index (χ2n) is 5.87. The molecule has 6 heteroatoms. The fourth-order valence-corrected chi connectivity index (χ4v) is 2.48. The molecule has 3 rings (SSSR count). The van der Waals surface area contributed by atoms with E-state index < -0.39 is 6.10 Å². The van der Waals surface area contributed by atoms with Gasteiger partial charge in [-0.2, -0.15) is 5.10 Å². The van der Waals surface area contributed by atoms with Crippen LogP contribution >= 0.6 is 0 Å².